The van der Waals surface area contributed by atoms with E-state index in [2.05, 4.69) is 0 Å². The number of ether oxygens (including phenoxy) is 1. The van der Waals surface area contributed by atoms with Gasteiger partial charge in [-0.25, -0.2) is 0 Å². The second-order valence-electron chi connectivity index (χ2n) is 5.69. The van der Waals surface area contributed by atoms with E-state index in [1.807, 2.05) is 30.3 Å². The van der Waals surface area contributed by atoms with Crippen LogP contribution in [-0.2, 0) is 9.59 Å². The molecule has 120 valence electrons. The number of rotatable bonds is 6. The Hall–Kier alpha value is -2.04. The third-order valence-corrected chi connectivity index (χ3v) is 4.01. The lowest BCUT2D eigenvalue weighted by atomic mass is 9.97. The molecule has 0 bridgehead atoms. The summed E-state index contributed by atoms with van der Waals surface area (Å²) in [5.74, 6) is -0.201. The molecule has 1 fully saturated rings. The lowest BCUT2D eigenvalue weighted by Crippen LogP contribution is -2.49. The van der Waals surface area contributed by atoms with E-state index in [0.717, 1.165) is 19.3 Å². The molecular formula is C17H23NO4. The number of carbonyl (C=O) groups excluding carboxylic acids is 1. The van der Waals surface area contributed by atoms with E-state index in [-0.39, 0.29) is 18.4 Å². The summed E-state index contributed by atoms with van der Waals surface area (Å²) in [7, 11) is 0. The Bertz CT molecular complexity index is 503. The van der Waals surface area contributed by atoms with Crippen molar-refractivity contribution in [2.75, 3.05) is 6.54 Å². The fraction of sp³-hybridized carbons (Fsp3) is 0.529. The Morgan fingerprint density at radius 3 is 2.73 bits per heavy atom. The summed E-state index contributed by atoms with van der Waals surface area (Å²) in [6, 6.07) is 9.28. The zero-order chi connectivity index (χ0) is 15.9. The van der Waals surface area contributed by atoms with Gasteiger partial charge in [-0.05, 0) is 44.7 Å². The highest BCUT2D eigenvalue weighted by atomic mass is 16.5. The summed E-state index contributed by atoms with van der Waals surface area (Å²) in [6.45, 7) is 2.43. The summed E-state index contributed by atoms with van der Waals surface area (Å²) in [6.07, 6.45) is 2.93. The minimum Gasteiger partial charge on any atom is -0.481 e. The first-order chi connectivity index (χ1) is 10.6. The van der Waals surface area contributed by atoms with Gasteiger partial charge in [0.1, 0.15) is 5.75 Å². The molecule has 5 heteroatoms. The molecule has 1 saturated heterocycles. The third kappa shape index (κ3) is 4.48. The van der Waals surface area contributed by atoms with Gasteiger partial charge in [0.15, 0.2) is 6.10 Å². The molecule has 22 heavy (non-hydrogen) atoms. The van der Waals surface area contributed by atoms with Crippen molar-refractivity contribution < 1.29 is 19.4 Å². The van der Waals surface area contributed by atoms with Crippen LogP contribution in [0.15, 0.2) is 30.3 Å². The van der Waals surface area contributed by atoms with Crippen molar-refractivity contribution in [1.82, 2.24) is 4.90 Å². The number of aliphatic carboxylic acids is 1. The van der Waals surface area contributed by atoms with Gasteiger partial charge in [-0.1, -0.05) is 18.2 Å². The van der Waals surface area contributed by atoms with E-state index in [9.17, 15) is 9.59 Å². The number of hydrogen-bond donors (Lipinski definition) is 1. The third-order valence-electron chi connectivity index (χ3n) is 4.01. The molecule has 0 radical (unpaired) electrons. The Morgan fingerprint density at radius 2 is 2.05 bits per heavy atom. The van der Waals surface area contributed by atoms with Crippen molar-refractivity contribution in [3.63, 3.8) is 0 Å². The molecule has 2 rings (SSSR count). The molecule has 0 aliphatic carbocycles. The molecule has 0 saturated carbocycles. The number of likely N-dealkylation sites (tertiary alicyclic amines) is 1. The van der Waals surface area contributed by atoms with E-state index in [0.29, 0.717) is 18.7 Å². The number of nitrogens with zero attached hydrogens (tertiary/aromatic N) is 1. The molecule has 1 aliphatic heterocycles. The van der Waals surface area contributed by atoms with E-state index >= 15 is 0 Å². The van der Waals surface area contributed by atoms with Gasteiger partial charge in [0.25, 0.3) is 5.91 Å². The summed E-state index contributed by atoms with van der Waals surface area (Å²) in [4.78, 5) is 25.2. The average Bonchev–Trinajstić information content (AvgIpc) is 2.53. The normalized spacial score (nSPS) is 19.5. The van der Waals surface area contributed by atoms with E-state index in [1.54, 1.807) is 11.8 Å². The first kappa shape index (κ1) is 16.3. The number of piperidine rings is 1. The molecule has 0 aromatic heterocycles. The van der Waals surface area contributed by atoms with Crippen molar-refractivity contribution in [2.24, 2.45) is 0 Å². The Morgan fingerprint density at radius 1 is 1.32 bits per heavy atom. The van der Waals surface area contributed by atoms with E-state index < -0.39 is 12.1 Å². The maximum Gasteiger partial charge on any atom is 0.303 e. The van der Waals surface area contributed by atoms with Crippen LogP contribution < -0.4 is 4.74 Å². The second-order valence-corrected chi connectivity index (χ2v) is 5.69. The van der Waals surface area contributed by atoms with Crippen LogP contribution in [0.4, 0.5) is 0 Å². The van der Waals surface area contributed by atoms with Crippen LogP contribution in [0.2, 0.25) is 0 Å². The van der Waals surface area contributed by atoms with Crippen LogP contribution in [0, 0.1) is 0 Å². The van der Waals surface area contributed by atoms with Gasteiger partial charge in [0, 0.05) is 19.0 Å². The summed E-state index contributed by atoms with van der Waals surface area (Å²) >= 11 is 0. The number of amides is 1. The molecule has 1 N–H and O–H groups in total. The van der Waals surface area contributed by atoms with E-state index in [4.69, 9.17) is 9.84 Å². The Kier molecular flexibility index (Phi) is 5.81. The number of carboxylic acid groups (broad SMARTS) is 1. The summed E-state index contributed by atoms with van der Waals surface area (Å²) < 4.78 is 5.70. The highest BCUT2D eigenvalue weighted by Crippen LogP contribution is 2.23. The van der Waals surface area contributed by atoms with Crippen molar-refractivity contribution in [2.45, 2.75) is 51.2 Å². The lowest BCUT2D eigenvalue weighted by Gasteiger charge is -2.37. The molecule has 2 atom stereocenters. The van der Waals surface area contributed by atoms with Crippen LogP contribution in [-0.4, -0.2) is 40.6 Å². The molecule has 1 heterocycles. The fourth-order valence-corrected chi connectivity index (χ4v) is 2.87. The van der Waals surface area contributed by atoms with Gasteiger partial charge >= 0.3 is 5.97 Å². The molecule has 1 amide bonds. The molecule has 0 spiro atoms. The van der Waals surface area contributed by atoms with Crippen LogP contribution in [0.1, 0.15) is 39.0 Å². The second kappa shape index (κ2) is 7.82. The molecular weight excluding hydrogens is 282 g/mol. The van der Waals surface area contributed by atoms with Gasteiger partial charge in [-0.15, -0.1) is 0 Å². The predicted octanol–water partition coefficient (Wildman–Crippen LogP) is 2.70. The quantitative estimate of drug-likeness (QED) is 0.877. The minimum atomic E-state index is -0.813. The van der Waals surface area contributed by atoms with Gasteiger partial charge in [-0.2, -0.15) is 0 Å². The van der Waals surface area contributed by atoms with Crippen molar-refractivity contribution in [1.29, 1.82) is 0 Å². The lowest BCUT2D eigenvalue weighted by molar-refractivity contribution is -0.144. The monoisotopic (exact) mass is 305 g/mol. The van der Waals surface area contributed by atoms with Gasteiger partial charge in [0.2, 0.25) is 0 Å². The fourth-order valence-electron chi connectivity index (χ4n) is 2.87. The van der Waals surface area contributed by atoms with Crippen LogP contribution in [0.25, 0.3) is 0 Å². The molecule has 1 aromatic carbocycles. The standard InChI is InChI=1S/C17H23NO4/c1-13(22-15-8-3-2-4-9-15)17(21)18-12-6-5-7-14(18)10-11-16(19)20/h2-4,8-9,13-14H,5-7,10-12H2,1H3,(H,19,20)/t13-,14+/m1/s1. The highest BCUT2D eigenvalue weighted by Gasteiger charge is 2.30. The van der Waals surface area contributed by atoms with Crippen molar-refractivity contribution in [3.05, 3.63) is 30.3 Å². The average molecular weight is 305 g/mol. The number of carboxylic acids is 1. The predicted molar refractivity (Wildman–Crippen MR) is 82.8 cm³/mol. The molecule has 1 aliphatic rings. The zero-order valence-corrected chi connectivity index (χ0v) is 12.9. The zero-order valence-electron chi connectivity index (χ0n) is 12.9. The topological polar surface area (TPSA) is 66.8 Å². The molecule has 1 aromatic rings. The van der Waals surface area contributed by atoms with E-state index in [1.165, 1.54) is 0 Å². The van der Waals surface area contributed by atoms with Gasteiger partial charge in [-0.3, -0.25) is 9.59 Å². The molecule has 0 unspecified atom stereocenters. The number of benzene rings is 1. The first-order valence-electron chi connectivity index (χ1n) is 7.82. The number of hydrogen-bond acceptors (Lipinski definition) is 3. The first-order valence-corrected chi connectivity index (χ1v) is 7.82. The van der Waals surface area contributed by atoms with Crippen molar-refractivity contribution >= 4 is 11.9 Å². The number of para-hydroxylation sites is 1. The minimum absolute atomic E-state index is 0.0131. The number of carbonyl (C=O) groups is 2. The van der Waals surface area contributed by atoms with Crippen LogP contribution in [0.3, 0.4) is 0 Å². The summed E-state index contributed by atoms with van der Waals surface area (Å²) in [5, 5.41) is 8.84. The van der Waals surface area contributed by atoms with Gasteiger partial charge < -0.3 is 14.7 Å². The van der Waals surface area contributed by atoms with Gasteiger partial charge in [0.05, 0.1) is 0 Å². The molecule has 5 nitrogen and oxygen atoms in total. The Balaban J connectivity index is 1.97. The maximum atomic E-state index is 12.6. The van der Waals surface area contributed by atoms with Crippen LogP contribution in [0.5, 0.6) is 5.75 Å². The Labute approximate surface area is 130 Å². The SMILES string of the molecule is C[C@@H](Oc1ccccc1)C(=O)N1CCCC[C@H]1CCC(=O)O. The summed E-state index contributed by atoms with van der Waals surface area (Å²) in [5.41, 5.74) is 0. The van der Waals surface area contributed by atoms with Crippen LogP contribution >= 0.6 is 0 Å². The largest absolute Gasteiger partial charge is 0.481 e. The maximum absolute atomic E-state index is 12.6. The highest BCUT2D eigenvalue weighted by molar-refractivity contribution is 5.81. The van der Waals surface area contributed by atoms with Crippen molar-refractivity contribution in [3.8, 4) is 5.75 Å². The smallest absolute Gasteiger partial charge is 0.303 e.